The minimum absolute atomic E-state index is 0.0975. The first-order chi connectivity index (χ1) is 13.0. The van der Waals surface area contributed by atoms with Gasteiger partial charge in [0.05, 0.1) is 21.7 Å². The number of hydrogen-bond donors (Lipinski definition) is 0. The Morgan fingerprint density at radius 3 is 2.93 bits per heavy atom. The molecule has 8 heteroatoms. The first kappa shape index (κ1) is 20.1. The number of thioether (sulfide) groups is 1. The van der Waals surface area contributed by atoms with Gasteiger partial charge in [-0.25, -0.2) is 4.39 Å². The average Bonchev–Trinajstić information content (AvgIpc) is 2.97. The minimum atomic E-state index is -0.300. The number of fused-ring (bicyclic) bond motifs is 1. The smallest absolute Gasteiger partial charge is 0.258 e. The highest BCUT2D eigenvalue weighted by atomic mass is 32.2. The van der Waals surface area contributed by atoms with E-state index in [0.29, 0.717) is 23.0 Å². The molecule has 1 aliphatic rings. The van der Waals surface area contributed by atoms with Crippen LogP contribution in [0.25, 0.3) is 10.2 Å². The van der Waals surface area contributed by atoms with E-state index >= 15 is 0 Å². The van der Waals surface area contributed by atoms with Gasteiger partial charge in [0.1, 0.15) is 5.82 Å². The molecule has 1 aromatic carbocycles. The van der Waals surface area contributed by atoms with Gasteiger partial charge in [0.25, 0.3) is 5.91 Å². The van der Waals surface area contributed by atoms with Crippen LogP contribution in [0.3, 0.4) is 0 Å². The highest BCUT2D eigenvalue weighted by Gasteiger charge is 2.20. The maximum absolute atomic E-state index is 13.4. The molecule has 2 heterocycles. The maximum atomic E-state index is 13.4. The molecule has 0 saturated carbocycles. The van der Waals surface area contributed by atoms with Crippen molar-refractivity contribution in [2.75, 3.05) is 24.6 Å². The van der Waals surface area contributed by atoms with Crippen LogP contribution in [0.2, 0.25) is 0 Å². The Balaban J connectivity index is 1.62. The van der Waals surface area contributed by atoms with Crippen LogP contribution in [0.5, 0.6) is 0 Å². The summed E-state index contributed by atoms with van der Waals surface area (Å²) in [6.07, 6.45) is 2.22. The van der Waals surface area contributed by atoms with Gasteiger partial charge in [-0.05, 0) is 43.9 Å². The molecule has 3 rings (SSSR count). The number of piperidine rings is 1. The molecule has 5 nitrogen and oxygen atoms in total. The average molecular weight is 410 g/mol. The van der Waals surface area contributed by atoms with Crippen molar-refractivity contribution < 1.29 is 14.0 Å². The Labute approximate surface area is 166 Å². The van der Waals surface area contributed by atoms with Gasteiger partial charge in [-0.2, -0.15) is 4.99 Å². The molecule has 1 unspecified atom stereocenters. The Morgan fingerprint density at radius 2 is 2.19 bits per heavy atom. The second-order valence-corrected chi connectivity index (χ2v) is 8.82. The molecule has 1 aliphatic heterocycles. The van der Waals surface area contributed by atoms with E-state index in [1.54, 1.807) is 6.07 Å². The highest BCUT2D eigenvalue weighted by molar-refractivity contribution is 8.00. The molecule has 1 atom stereocenters. The summed E-state index contributed by atoms with van der Waals surface area (Å²) in [6.45, 7) is 6.40. The summed E-state index contributed by atoms with van der Waals surface area (Å²) in [6, 6.07) is 4.58. The minimum Gasteiger partial charge on any atom is -0.342 e. The van der Waals surface area contributed by atoms with Gasteiger partial charge in [-0.3, -0.25) is 9.59 Å². The van der Waals surface area contributed by atoms with Gasteiger partial charge in [-0.1, -0.05) is 18.3 Å². The van der Waals surface area contributed by atoms with E-state index in [9.17, 15) is 14.0 Å². The number of rotatable bonds is 5. The number of amides is 2. The molecule has 2 amide bonds. The number of thiazole rings is 1. The number of hydrogen-bond acceptors (Lipinski definition) is 4. The highest BCUT2D eigenvalue weighted by Crippen LogP contribution is 2.19. The Kier molecular flexibility index (Phi) is 6.70. The summed E-state index contributed by atoms with van der Waals surface area (Å²) in [7, 11) is 0. The lowest BCUT2D eigenvalue weighted by Crippen LogP contribution is -2.40. The van der Waals surface area contributed by atoms with Crippen molar-refractivity contribution in [1.82, 2.24) is 9.47 Å². The predicted octanol–water partition coefficient (Wildman–Crippen LogP) is 3.28. The van der Waals surface area contributed by atoms with Crippen LogP contribution in [0, 0.1) is 11.7 Å². The molecule has 146 valence electrons. The number of likely N-dealkylation sites (tertiary alicyclic amines) is 1. The number of nitrogens with zero attached hydrogens (tertiary/aromatic N) is 3. The lowest BCUT2D eigenvalue weighted by molar-refractivity contribution is -0.130. The monoisotopic (exact) mass is 409 g/mol. The van der Waals surface area contributed by atoms with E-state index in [0.717, 1.165) is 29.7 Å². The molecule has 0 N–H and O–H groups in total. The van der Waals surface area contributed by atoms with Crippen LogP contribution in [0.4, 0.5) is 4.39 Å². The Morgan fingerprint density at radius 1 is 1.37 bits per heavy atom. The van der Waals surface area contributed by atoms with Gasteiger partial charge in [0.2, 0.25) is 5.91 Å². The molecular weight excluding hydrogens is 385 g/mol. The van der Waals surface area contributed by atoms with Gasteiger partial charge in [0, 0.05) is 19.6 Å². The molecule has 27 heavy (non-hydrogen) atoms. The standard InChI is InChI=1S/C19H24FN3O2S2/c1-3-23-15-7-6-14(20)9-16(15)27-19(23)21-17(24)11-26-12-18(25)22-8-4-5-13(2)10-22/h6-7,9,13H,3-5,8,10-12H2,1-2H3. The van der Waals surface area contributed by atoms with E-state index in [2.05, 4.69) is 11.9 Å². The van der Waals surface area contributed by atoms with Crippen molar-refractivity contribution in [3.63, 3.8) is 0 Å². The first-order valence-electron chi connectivity index (χ1n) is 9.20. The quantitative estimate of drug-likeness (QED) is 0.762. The Bertz CT molecular complexity index is 906. The molecule has 1 aromatic heterocycles. The molecule has 0 spiro atoms. The zero-order valence-corrected chi connectivity index (χ0v) is 17.2. The zero-order valence-electron chi connectivity index (χ0n) is 15.6. The summed E-state index contributed by atoms with van der Waals surface area (Å²) in [5.74, 6) is 0.549. The van der Waals surface area contributed by atoms with Crippen molar-refractivity contribution in [2.45, 2.75) is 33.2 Å². The largest absolute Gasteiger partial charge is 0.342 e. The van der Waals surface area contributed by atoms with Gasteiger partial charge in [0.15, 0.2) is 4.80 Å². The Hall–Kier alpha value is -1.67. The molecule has 1 fully saturated rings. The van der Waals surface area contributed by atoms with E-state index in [4.69, 9.17) is 0 Å². The number of aromatic nitrogens is 1. The zero-order chi connectivity index (χ0) is 19.4. The summed E-state index contributed by atoms with van der Waals surface area (Å²) in [5, 5.41) is 0. The molecule has 0 radical (unpaired) electrons. The van der Waals surface area contributed by atoms with E-state index in [-0.39, 0.29) is 23.4 Å². The summed E-state index contributed by atoms with van der Waals surface area (Å²) in [4.78, 5) is 31.2. The normalized spacial score (nSPS) is 18.3. The summed E-state index contributed by atoms with van der Waals surface area (Å²) < 4.78 is 16.1. The van der Waals surface area contributed by atoms with E-state index < -0.39 is 0 Å². The fourth-order valence-corrected chi connectivity index (χ4v) is 5.14. The first-order valence-corrected chi connectivity index (χ1v) is 11.2. The second kappa shape index (κ2) is 9.01. The van der Waals surface area contributed by atoms with Gasteiger partial charge >= 0.3 is 0 Å². The summed E-state index contributed by atoms with van der Waals surface area (Å²) >= 11 is 2.61. The van der Waals surface area contributed by atoms with Gasteiger partial charge < -0.3 is 9.47 Å². The third kappa shape index (κ3) is 4.99. The van der Waals surface area contributed by atoms with Crippen LogP contribution < -0.4 is 4.80 Å². The van der Waals surface area contributed by atoms with E-state index in [1.165, 1.54) is 41.7 Å². The lowest BCUT2D eigenvalue weighted by Gasteiger charge is -2.30. The fraction of sp³-hybridized carbons (Fsp3) is 0.526. The van der Waals surface area contributed by atoms with Crippen molar-refractivity contribution in [2.24, 2.45) is 10.9 Å². The summed E-state index contributed by atoms with van der Waals surface area (Å²) in [5.41, 5.74) is 0.873. The van der Waals surface area contributed by atoms with Crippen LogP contribution in [-0.2, 0) is 16.1 Å². The van der Waals surface area contributed by atoms with Crippen LogP contribution in [0.15, 0.2) is 23.2 Å². The fourth-order valence-electron chi connectivity index (χ4n) is 3.31. The van der Waals surface area contributed by atoms with Crippen LogP contribution in [-0.4, -0.2) is 45.9 Å². The molecular formula is C19H24FN3O2S2. The maximum Gasteiger partial charge on any atom is 0.258 e. The van der Waals surface area contributed by atoms with Crippen molar-refractivity contribution in [3.8, 4) is 0 Å². The van der Waals surface area contributed by atoms with E-state index in [1.807, 2.05) is 16.4 Å². The molecule has 0 bridgehead atoms. The topological polar surface area (TPSA) is 54.7 Å². The number of benzene rings is 1. The number of aryl methyl sites for hydroxylation is 1. The van der Waals surface area contributed by atoms with Crippen LogP contribution in [0.1, 0.15) is 26.7 Å². The van der Waals surface area contributed by atoms with Gasteiger partial charge in [-0.15, -0.1) is 11.8 Å². The molecule has 2 aromatic rings. The third-order valence-corrected chi connectivity index (χ3v) is 6.59. The number of carbonyl (C=O) groups excluding carboxylic acids is 2. The second-order valence-electron chi connectivity index (χ2n) is 6.83. The van der Waals surface area contributed by atoms with Crippen molar-refractivity contribution in [3.05, 3.63) is 28.8 Å². The SMILES string of the molecule is CCn1c(=NC(=O)CSCC(=O)N2CCCC(C)C2)sc2cc(F)ccc21. The van der Waals surface area contributed by atoms with Crippen LogP contribution >= 0.6 is 23.1 Å². The molecule has 0 aliphatic carbocycles. The lowest BCUT2D eigenvalue weighted by atomic mass is 10.0. The van der Waals surface area contributed by atoms with Crippen molar-refractivity contribution >= 4 is 45.1 Å². The number of halogens is 1. The predicted molar refractivity (Wildman–Crippen MR) is 108 cm³/mol. The van der Waals surface area contributed by atoms with Crippen molar-refractivity contribution in [1.29, 1.82) is 0 Å². The number of carbonyl (C=O) groups is 2. The molecule has 1 saturated heterocycles. The third-order valence-electron chi connectivity index (χ3n) is 4.64.